The molecule has 2 rings (SSSR count). The molecule has 1 aromatic carbocycles. The van der Waals surface area contributed by atoms with Crippen LogP contribution in [0.1, 0.15) is 44.6 Å². The average Bonchev–Trinajstić information content (AvgIpc) is 2.22. The highest BCUT2D eigenvalue weighted by Crippen LogP contribution is 2.33. The smallest absolute Gasteiger partial charge is 0.0276 e. The molecular weight excluding hydrogens is 180 g/mol. The van der Waals surface area contributed by atoms with E-state index in [1.54, 1.807) is 0 Å². The molecule has 0 aromatic heterocycles. The Kier molecular flexibility index (Phi) is 3.82. The molecule has 0 heteroatoms. The number of aryl methyl sites for hydroxylation is 1. The van der Waals surface area contributed by atoms with Crippen molar-refractivity contribution in [2.75, 3.05) is 0 Å². The van der Waals surface area contributed by atoms with Gasteiger partial charge in [0.15, 0.2) is 0 Å². The zero-order valence-electron chi connectivity index (χ0n) is 9.78. The van der Waals surface area contributed by atoms with Gasteiger partial charge in [0.1, 0.15) is 0 Å². The lowest BCUT2D eigenvalue weighted by Crippen LogP contribution is -2.14. The molecule has 1 unspecified atom stereocenters. The van der Waals surface area contributed by atoms with Crippen molar-refractivity contribution in [3.8, 4) is 0 Å². The molecule has 15 heavy (non-hydrogen) atoms. The lowest BCUT2D eigenvalue weighted by atomic mass is 9.78. The Morgan fingerprint density at radius 2 is 1.93 bits per heavy atom. The molecule has 0 saturated heterocycles. The van der Waals surface area contributed by atoms with Gasteiger partial charge in [-0.05, 0) is 36.7 Å². The van der Waals surface area contributed by atoms with Crippen LogP contribution in [0.15, 0.2) is 30.3 Å². The largest absolute Gasteiger partial charge is 0.0625 e. The minimum atomic E-state index is 0.913. The van der Waals surface area contributed by atoms with Gasteiger partial charge >= 0.3 is 0 Å². The monoisotopic (exact) mass is 202 g/mol. The van der Waals surface area contributed by atoms with E-state index in [4.69, 9.17) is 0 Å². The van der Waals surface area contributed by atoms with E-state index in [9.17, 15) is 0 Å². The third-order valence-corrected chi connectivity index (χ3v) is 3.73. The van der Waals surface area contributed by atoms with Gasteiger partial charge in [-0.25, -0.2) is 0 Å². The summed E-state index contributed by atoms with van der Waals surface area (Å²) in [5.41, 5.74) is 1.50. The van der Waals surface area contributed by atoms with Gasteiger partial charge in [0, 0.05) is 0 Å². The summed E-state index contributed by atoms with van der Waals surface area (Å²) in [5, 5.41) is 0. The summed E-state index contributed by atoms with van der Waals surface area (Å²) in [6.07, 6.45) is 8.56. The normalized spacial score (nSPS) is 18.5. The second-order valence-electron chi connectivity index (χ2n) is 5.16. The summed E-state index contributed by atoms with van der Waals surface area (Å²) < 4.78 is 0. The molecule has 82 valence electrons. The summed E-state index contributed by atoms with van der Waals surface area (Å²) in [4.78, 5) is 0. The van der Waals surface area contributed by atoms with Gasteiger partial charge in [0.25, 0.3) is 0 Å². The third-order valence-electron chi connectivity index (χ3n) is 3.73. The maximum absolute atomic E-state index is 2.42. The standard InChI is InChI=1S/C15H22/c1-13(12-15-8-5-9-15)10-11-14-6-3-2-4-7-14/h2-4,6-7,13,15H,5,8-12H2,1H3. The van der Waals surface area contributed by atoms with Crippen LogP contribution in [0.3, 0.4) is 0 Å². The minimum Gasteiger partial charge on any atom is -0.0625 e. The maximum Gasteiger partial charge on any atom is -0.0276 e. The molecule has 1 aromatic rings. The predicted molar refractivity (Wildman–Crippen MR) is 65.9 cm³/mol. The van der Waals surface area contributed by atoms with Gasteiger partial charge in [-0.1, -0.05) is 56.5 Å². The van der Waals surface area contributed by atoms with Crippen LogP contribution in [-0.4, -0.2) is 0 Å². The molecule has 0 aliphatic heterocycles. The van der Waals surface area contributed by atoms with Gasteiger partial charge in [0.2, 0.25) is 0 Å². The van der Waals surface area contributed by atoms with E-state index in [0.717, 1.165) is 11.8 Å². The van der Waals surface area contributed by atoms with Crippen LogP contribution in [0.5, 0.6) is 0 Å². The Hall–Kier alpha value is -0.780. The van der Waals surface area contributed by atoms with Crippen LogP contribution < -0.4 is 0 Å². The van der Waals surface area contributed by atoms with E-state index in [0.29, 0.717) is 0 Å². The van der Waals surface area contributed by atoms with Crippen molar-refractivity contribution in [3.05, 3.63) is 35.9 Å². The molecule has 0 spiro atoms. The summed E-state index contributed by atoms with van der Waals surface area (Å²) in [7, 11) is 0. The molecule has 0 heterocycles. The fraction of sp³-hybridized carbons (Fsp3) is 0.600. The summed E-state index contributed by atoms with van der Waals surface area (Å²) in [5.74, 6) is 1.98. The second-order valence-corrected chi connectivity index (χ2v) is 5.16. The molecule has 0 amide bonds. The third kappa shape index (κ3) is 3.37. The molecular formula is C15H22. The van der Waals surface area contributed by atoms with Crippen molar-refractivity contribution >= 4 is 0 Å². The highest BCUT2D eigenvalue weighted by Gasteiger charge is 2.19. The van der Waals surface area contributed by atoms with Crippen molar-refractivity contribution in [1.82, 2.24) is 0 Å². The quantitative estimate of drug-likeness (QED) is 0.662. The zero-order valence-corrected chi connectivity index (χ0v) is 9.78. The van der Waals surface area contributed by atoms with E-state index in [2.05, 4.69) is 37.3 Å². The number of rotatable bonds is 5. The lowest BCUT2D eigenvalue weighted by Gasteiger charge is -2.28. The fourth-order valence-corrected chi connectivity index (χ4v) is 2.47. The molecule has 0 radical (unpaired) electrons. The van der Waals surface area contributed by atoms with Crippen molar-refractivity contribution in [2.24, 2.45) is 11.8 Å². The molecule has 0 bridgehead atoms. The fourth-order valence-electron chi connectivity index (χ4n) is 2.47. The maximum atomic E-state index is 2.42. The molecule has 1 atom stereocenters. The molecule has 1 fully saturated rings. The number of benzene rings is 1. The Morgan fingerprint density at radius 3 is 2.53 bits per heavy atom. The Morgan fingerprint density at radius 1 is 1.20 bits per heavy atom. The molecule has 1 aliphatic rings. The SMILES string of the molecule is CC(CCc1ccccc1)CC1CCC1. The van der Waals surface area contributed by atoms with Crippen molar-refractivity contribution in [3.63, 3.8) is 0 Å². The summed E-state index contributed by atoms with van der Waals surface area (Å²) >= 11 is 0. The summed E-state index contributed by atoms with van der Waals surface area (Å²) in [6, 6.07) is 10.9. The van der Waals surface area contributed by atoms with E-state index in [1.165, 1.54) is 44.1 Å². The van der Waals surface area contributed by atoms with Crippen molar-refractivity contribution in [2.45, 2.75) is 45.4 Å². The van der Waals surface area contributed by atoms with E-state index < -0.39 is 0 Å². The Balaban J connectivity index is 1.68. The lowest BCUT2D eigenvalue weighted by molar-refractivity contribution is 0.251. The van der Waals surface area contributed by atoms with Gasteiger partial charge < -0.3 is 0 Å². The van der Waals surface area contributed by atoms with E-state index >= 15 is 0 Å². The van der Waals surface area contributed by atoms with Crippen LogP contribution >= 0.6 is 0 Å². The van der Waals surface area contributed by atoms with Gasteiger partial charge in [-0.15, -0.1) is 0 Å². The molecule has 0 N–H and O–H groups in total. The minimum absolute atomic E-state index is 0.913. The average molecular weight is 202 g/mol. The molecule has 1 aliphatic carbocycles. The van der Waals surface area contributed by atoms with Gasteiger partial charge in [-0.3, -0.25) is 0 Å². The number of hydrogen-bond donors (Lipinski definition) is 0. The zero-order chi connectivity index (χ0) is 10.5. The van der Waals surface area contributed by atoms with Crippen LogP contribution in [0.4, 0.5) is 0 Å². The van der Waals surface area contributed by atoms with Crippen LogP contribution in [0, 0.1) is 11.8 Å². The predicted octanol–water partition coefficient (Wildman–Crippen LogP) is 4.45. The highest BCUT2D eigenvalue weighted by molar-refractivity contribution is 5.14. The van der Waals surface area contributed by atoms with E-state index in [1.807, 2.05) is 0 Å². The first-order valence-corrected chi connectivity index (χ1v) is 6.38. The summed E-state index contributed by atoms with van der Waals surface area (Å²) in [6.45, 7) is 2.42. The van der Waals surface area contributed by atoms with Crippen LogP contribution in [0.2, 0.25) is 0 Å². The highest BCUT2D eigenvalue weighted by atomic mass is 14.2. The molecule has 0 nitrogen and oxygen atoms in total. The van der Waals surface area contributed by atoms with Crippen molar-refractivity contribution < 1.29 is 0 Å². The Bertz CT molecular complexity index is 271. The van der Waals surface area contributed by atoms with Crippen LogP contribution in [0.25, 0.3) is 0 Å². The van der Waals surface area contributed by atoms with E-state index in [-0.39, 0.29) is 0 Å². The van der Waals surface area contributed by atoms with Gasteiger partial charge in [-0.2, -0.15) is 0 Å². The second kappa shape index (κ2) is 5.34. The van der Waals surface area contributed by atoms with Crippen LogP contribution in [-0.2, 0) is 6.42 Å². The van der Waals surface area contributed by atoms with Gasteiger partial charge in [0.05, 0.1) is 0 Å². The topological polar surface area (TPSA) is 0 Å². The first kappa shape index (κ1) is 10.7. The first-order chi connectivity index (χ1) is 7.34. The van der Waals surface area contributed by atoms with Crippen molar-refractivity contribution in [1.29, 1.82) is 0 Å². The number of hydrogen-bond acceptors (Lipinski definition) is 0. The first-order valence-electron chi connectivity index (χ1n) is 6.38. The Labute approximate surface area is 93.7 Å². The molecule has 1 saturated carbocycles.